The summed E-state index contributed by atoms with van der Waals surface area (Å²) in [6.07, 6.45) is 0. The number of aromatic amines is 1. The highest BCUT2D eigenvalue weighted by atomic mass is 35.5. The Labute approximate surface area is 180 Å². The van der Waals surface area contributed by atoms with E-state index in [1.165, 1.54) is 22.9 Å². The van der Waals surface area contributed by atoms with E-state index in [1.54, 1.807) is 0 Å². The number of sulfonamides is 1. The van der Waals surface area contributed by atoms with Gasteiger partial charge in [-0.05, 0) is 29.8 Å². The van der Waals surface area contributed by atoms with Crippen molar-refractivity contribution in [2.24, 2.45) is 0 Å². The molecule has 1 aromatic heterocycles. The number of hydrogen-bond donors (Lipinski definition) is 2. The van der Waals surface area contributed by atoms with Gasteiger partial charge in [-0.1, -0.05) is 53.5 Å². The molecule has 0 amide bonds. The third-order valence-electron chi connectivity index (χ3n) is 4.47. The van der Waals surface area contributed by atoms with Crippen LogP contribution in [0.5, 0.6) is 0 Å². The summed E-state index contributed by atoms with van der Waals surface area (Å²) in [5.74, 6) is -0.836. The van der Waals surface area contributed by atoms with E-state index in [-0.39, 0.29) is 26.0 Å². The second kappa shape index (κ2) is 7.79. The summed E-state index contributed by atoms with van der Waals surface area (Å²) < 4.78 is 43.7. The minimum Gasteiger partial charge on any atom is -0.280 e. The van der Waals surface area contributed by atoms with E-state index in [0.29, 0.717) is 12.1 Å². The maximum atomic E-state index is 14.7. The van der Waals surface area contributed by atoms with Gasteiger partial charge in [0.15, 0.2) is 0 Å². The molecule has 10 heteroatoms. The van der Waals surface area contributed by atoms with Crippen LogP contribution in [0, 0.1) is 5.82 Å². The summed E-state index contributed by atoms with van der Waals surface area (Å²) in [5.41, 5.74) is 0.393. The number of nitrogens with one attached hydrogen (secondary N) is 2. The van der Waals surface area contributed by atoms with Crippen molar-refractivity contribution in [1.82, 2.24) is 9.78 Å². The van der Waals surface area contributed by atoms with Crippen LogP contribution in [0.4, 0.5) is 10.1 Å². The number of hydrogen-bond acceptors (Lipinski definition) is 3. The van der Waals surface area contributed by atoms with Crippen molar-refractivity contribution in [3.8, 4) is 0 Å². The molecule has 0 unspecified atom stereocenters. The Kier molecular flexibility index (Phi) is 5.31. The molecule has 3 aromatic carbocycles. The number of halogens is 3. The Morgan fingerprint density at radius 1 is 1.03 bits per heavy atom. The van der Waals surface area contributed by atoms with E-state index in [4.69, 9.17) is 23.2 Å². The zero-order valence-corrected chi connectivity index (χ0v) is 17.5. The zero-order valence-electron chi connectivity index (χ0n) is 15.2. The van der Waals surface area contributed by atoms with Crippen molar-refractivity contribution in [1.29, 1.82) is 0 Å². The van der Waals surface area contributed by atoms with Gasteiger partial charge in [0.1, 0.15) is 10.7 Å². The summed E-state index contributed by atoms with van der Waals surface area (Å²) in [4.78, 5) is 12.1. The first-order valence-electron chi connectivity index (χ1n) is 8.68. The van der Waals surface area contributed by atoms with Crippen molar-refractivity contribution in [3.63, 3.8) is 0 Å². The molecule has 154 valence electrons. The lowest BCUT2D eigenvalue weighted by Crippen LogP contribution is -2.14. The van der Waals surface area contributed by atoms with Crippen LogP contribution in [-0.2, 0) is 16.6 Å². The van der Waals surface area contributed by atoms with Crippen LogP contribution in [-0.4, -0.2) is 18.2 Å². The smallest absolute Gasteiger partial charge is 0.272 e. The van der Waals surface area contributed by atoms with E-state index in [1.807, 2.05) is 30.3 Å². The molecule has 0 aliphatic carbocycles. The molecule has 30 heavy (non-hydrogen) atoms. The lowest BCUT2D eigenvalue weighted by Gasteiger charge is -2.11. The fourth-order valence-electron chi connectivity index (χ4n) is 3.07. The summed E-state index contributed by atoms with van der Waals surface area (Å²) in [5, 5.41) is 2.95. The molecule has 0 aliphatic heterocycles. The van der Waals surface area contributed by atoms with Crippen LogP contribution in [0.2, 0.25) is 10.0 Å². The third-order valence-corrected chi connectivity index (χ3v) is 6.55. The molecule has 0 fully saturated rings. The minimum absolute atomic E-state index is 0.108. The number of benzene rings is 3. The molecule has 0 bridgehead atoms. The van der Waals surface area contributed by atoms with Gasteiger partial charge in [0, 0.05) is 11.1 Å². The largest absolute Gasteiger partial charge is 0.280 e. The van der Waals surface area contributed by atoms with Crippen LogP contribution in [0.25, 0.3) is 10.9 Å². The maximum absolute atomic E-state index is 14.7. The standard InChI is InChI=1S/C20H14Cl2FN3O3S/c21-13-6-7-19(15(22)8-13)30(28,29)25-17-9-14-18(10-16(17)23)26(24-20(14)27)11-12-4-2-1-3-5-12/h1-10,25H,11H2,(H,24,27). The first-order chi connectivity index (χ1) is 14.2. The van der Waals surface area contributed by atoms with Gasteiger partial charge in [0.25, 0.3) is 15.6 Å². The number of nitrogens with zero attached hydrogens (tertiary/aromatic N) is 1. The van der Waals surface area contributed by atoms with Crippen molar-refractivity contribution in [3.05, 3.63) is 92.4 Å². The lowest BCUT2D eigenvalue weighted by molar-refractivity contribution is 0.598. The van der Waals surface area contributed by atoms with Crippen molar-refractivity contribution in [2.75, 3.05) is 4.72 Å². The topological polar surface area (TPSA) is 84.0 Å². The number of anilines is 1. The molecule has 4 aromatic rings. The van der Waals surface area contributed by atoms with Gasteiger partial charge in [-0.25, -0.2) is 12.8 Å². The molecule has 0 saturated carbocycles. The fourth-order valence-corrected chi connectivity index (χ4v) is 4.90. The highest BCUT2D eigenvalue weighted by Crippen LogP contribution is 2.29. The van der Waals surface area contributed by atoms with Crippen molar-refractivity contribution >= 4 is 49.8 Å². The Balaban J connectivity index is 1.73. The summed E-state index contributed by atoms with van der Waals surface area (Å²) in [6, 6.07) is 15.4. The number of fused-ring (bicyclic) bond motifs is 1. The normalized spacial score (nSPS) is 11.7. The first kappa shape index (κ1) is 20.5. The summed E-state index contributed by atoms with van der Waals surface area (Å²) >= 11 is 11.8. The van der Waals surface area contributed by atoms with Gasteiger partial charge in [0.2, 0.25) is 0 Å². The van der Waals surface area contributed by atoms with Gasteiger partial charge in [-0.3, -0.25) is 19.3 Å². The molecule has 0 aliphatic rings. The van der Waals surface area contributed by atoms with Gasteiger partial charge in [0.05, 0.1) is 28.2 Å². The highest BCUT2D eigenvalue weighted by molar-refractivity contribution is 7.92. The van der Waals surface area contributed by atoms with Crippen molar-refractivity contribution < 1.29 is 12.8 Å². The van der Waals surface area contributed by atoms with E-state index in [2.05, 4.69) is 9.82 Å². The molecule has 4 rings (SSSR count). The van der Waals surface area contributed by atoms with Crippen LogP contribution in [0.1, 0.15) is 5.56 Å². The Hall–Kier alpha value is -2.81. The van der Waals surface area contributed by atoms with E-state index in [9.17, 15) is 17.6 Å². The number of rotatable bonds is 5. The second-order valence-electron chi connectivity index (χ2n) is 6.54. The fraction of sp³-hybridized carbons (Fsp3) is 0.0500. The monoisotopic (exact) mass is 465 g/mol. The molecule has 1 heterocycles. The minimum atomic E-state index is -4.21. The average molecular weight is 466 g/mol. The van der Waals surface area contributed by atoms with Gasteiger partial charge < -0.3 is 0 Å². The third kappa shape index (κ3) is 3.94. The number of aromatic nitrogens is 2. The Bertz CT molecular complexity index is 1420. The van der Waals surface area contributed by atoms with Crippen LogP contribution in [0.3, 0.4) is 0 Å². The molecule has 2 N–H and O–H groups in total. The maximum Gasteiger partial charge on any atom is 0.272 e. The van der Waals surface area contributed by atoms with Crippen LogP contribution < -0.4 is 10.3 Å². The molecule has 6 nitrogen and oxygen atoms in total. The second-order valence-corrected chi connectivity index (χ2v) is 9.04. The molecular formula is C20H14Cl2FN3O3S. The highest BCUT2D eigenvalue weighted by Gasteiger charge is 2.21. The predicted molar refractivity (Wildman–Crippen MR) is 115 cm³/mol. The van der Waals surface area contributed by atoms with Crippen LogP contribution in [0.15, 0.2) is 70.4 Å². The van der Waals surface area contributed by atoms with E-state index >= 15 is 0 Å². The summed E-state index contributed by atoms with van der Waals surface area (Å²) in [6.45, 7) is 0.324. The van der Waals surface area contributed by atoms with Crippen molar-refractivity contribution in [2.45, 2.75) is 11.4 Å². The zero-order chi connectivity index (χ0) is 21.5. The van der Waals surface area contributed by atoms with Gasteiger partial charge in [-0.15, -0.1) is 0 Å². The SMILES string of the molecule is O=c1[nH]n(Cc2ccccc2)c2cc(F)c(NS(=O)(=O)c3ccc(Cl)cc3Cl)cc12. The van der Waals surface area contributed by atoms with E-state index in [0.717, 1.165) is 17.7 Å². The molecular weight excluding hydrogens is 452 g/mol. The average Bonchev–Trinajstić information content (AvgIpc) is 2.97. The Morgan fingerprint density at radius 2 is 1.77 bits per heavy atom. The molecule has 0 atom stereocenters. The molecule has 0 saturated heterocycles. The Morgan fingerprint density at radius 3 is 2.47 bits per heavy atom. The number of H-pyrrole nitrogens is 1. The van der Waals surface area contributed by atoms with Gasteiger partial charge in [-0.2, -0.15) is 0 Å². The quantitative estimate of drug-likeness (QED) is 0.450. The lowest BCUT2D eigenvalue weighted by atomic mass is 10.2. The first-order valence-corrected chi connectivity index (χ1v) is 10.9. The molecule has 0 spiro atoms. The van der Waals surface area contributed by atoms with Gasteiger partial charge >= 0.3 is 0 Å². The molecule has 0 radical (unpaired) electrons. The summed E-state index contributed by atoms with van der Waals surface area (Å²) in [7, 11) is -4.21. The van der Waals surface area contributed by atoms with Crippen LogP contribution >= 0.6 is 23.2 Å². The predicted octanol–water partition coefficient (Wildman–Crippen LogP) is 4.62. The van der Waals surface area contributed by atoms with E-state index < -0.39 is 21.4 Å².